The molecule has 0 unspecified atom stereocenters. The molecule has 1 N–H and O–H groups in total. The molecule has 0 bridgehead atoms. The predicted octanol–water partition coefficient (Wildman–Crippen LogP) is 14.5. The molecule has 0 atom stereocenters. The van der Waals surface area contributed by atoms with Gasteiger partial charge in [0, 0.05) is 16.7 Å². The first-order valence-electron chi connectivity index (χ1n) is 20.8. The molecule has 4 nitrogen and oxygen atoms in total. The third-order valence-corrected chi connectivity index (χ3v) is 11.2. The van der Waals surface area contributed by atoms with Crippen LogP contribution in [0.3, 0.4) is 0 Å². The quantitative estimate of drug-likeness (QED) is 0.140. The van der Waals surface area contributed by atoms with Crippen molar-refractivity contribution >= 4 is 22.1 Å². The van der Waals surface area contributed by atoms with Crippen molar-refractivity contribution in [2.24, 2.45) is 0 Å². The highest BCUT2D eigenvalue weighted by Crippen LogP contribution is 2.36. The monoisotopic (exact) mass is 792 g/mol. The summed E-state index contributed by atoms with van der Waals surface area (Å²) in [6.45, 7) is 0. The van der Waals surface area contributed by atoms with Gasteiger partial charge in [-0.15, -0.1) is 0 Å². The van der Waals surface area contributed by atoms with Crippen molar-refractivity contribution in [3.63, 3.8) is 0 Å². The molecule has 0 aliphatic carbocycles. The number of nitrogens with one attached hydrogen (secondary N) is 1. The molecule has 0 amide bonds. The van der Waals surface area contributed by atoms with E-state index in [4.69, 9.17) is 20.4 Å². The molecular weight excluding hydrogens is 753 g/mol. The molecule has 0 fully saturated rings. The topological polar surface area (TPSA) is 62.5 Å². The van der Waals surface area contributed by atoms with Gasteiger partial charge in [-0.2, -0.15) is 0 Å². The summed E-state index contributed by atoms with van der Waals surface area (Å²) in [6.07, 6.45) is 1.99. The molecule has 9 aromatic carbocycles. The second-order valence-corrected chi connectivity index (χ2v) is 15.2. The third kappa shape index (κ3) is 8.01. The van der Waals surface area contributed by atoms with Crippen LogP contribution in [0.15, 0.2) is 237 Å². The molecule has 0 aliphatic heterocycles. The highest BCUT2D eigenvalue weighted by molar-refractivity contribution is 6.14. The number of hydrogen-bond donors (Lipinski definition) is 1. The molecule has 0 radical (unpaired) electrons. The largest absolute Gasteiger partial charge is 0.300 e. The summed E-state index contributed by atoms with van der Waals surface area (Å²) < 4.78 is 0. The van der Waals surface area contributed by atoms with Crippen LogP contribution in [0.5, 0.6) is 0 Å². The van der Waals surface area contributed by atoms with Crippen molar-refractivity contribution in [1.82, 2.24) is 15.0 Å². The van der Waals surface area contributed by atoms with Gasteiger partial charge in [0.05, 0.1) is 5.71 Å². The Morgan fingerprint density at radius 2 is 0.758 bits per heavy atom. The molecular formula is C58H40N4. The Balaban J connectivity index is 1.10. The number of aromatic nitrogens is 3. The van der Waals surface area contributed by atoms with Crippen LogP contribution in [0.4, 0.5) is 0 Å². The van der Waals surface area contributed by atoms with Crippen LogP contribution < -0.4 is 0 Å². The van der Waals surface area contributed by atoms with Crippen LogP contribution >= 0.6 is 0 Å². The average molecular weight is 793 g/mol. The van der Waals surface area contributed by atoms with Gasteiger partial charge in [-0.05, 0) is 103 Å². The van der Waals surface area contributed by atoms with Gasteiger partial charge in [0.2, 0.25) is 0 Å². The van der Waals surface area contributed by atoms with Crippen molar-refractivity contribution in [1.29, 1.82) is 5.41 Å². The van der Waals surface area contributed by atoms with E-state index in [1.807, 2.05) is 84.9 Å². The summed E-state index contributed by atoms with van der Waals surface area (Å²) in [5.74, 6) is 1.81. The first kappa shape index (κ1) is 37.9. The minimum absolute atomic E-state index is 0.458. The fourth-order valence-corrected chi connectivity index (χ4v) is 8.01. The summed E-state index contributed by atoms with van der Waals surface area (Å²) in [4.78, 5) is 15.5. The zero-order valence-corrected chi connectivity index (χ0v) is 33.9. The highest BCUT2D eigenvalue weighted by Gasteiger charge is 2.17. The second-order valence-electron chi connectivity index (χ2n) is 15.2. The Hall–Kier alpha value is -8.34. The normalized spacial score (nSPS) is 11.4. The van der Waals surface area contributed by atoms with E-state index in [1.165, 1.54) is 0 Å². The number of rotatable bonds is 10. The number of benzene rings is 9. The van der Waals surface area contributed by atoms with Crippen molar-refractivity contribution in [3.05, 3.63) is 253 Å². The van der Waals surface area contributed by atoms with Crippen LogP contribution in [0, 0.1) is 5.41 Å². The van der Waals surface area contributed by atoms with Crippen molar-refractivity contribution in [2.75, 3.05) is 0 Å². The maximum Gasteiger partial charge on any atom is 0.164 e. The average Bonchev–Trinajstić information content (AvgIpc) is 3.36. The number of fused-ring (bicyclic) bond motifs is 1. The van der Waals surface area contributed by atoms with Crippen LogP contribution in [-0.2, 0) is 0 Å². The summed E-state index contributed by atoms with van der Waals surface area (Å²) >= 11 is 0. The van der Waals surface area contributed by atoms with E-state index >= 15 is 0 Å². The van der Waals surface area contributed by atoms with E-state index < -0.39 is 0 Å². The zero-order chi connectivity index (χ0) is 41.7. The molecule has 4 heteroatoms. The lowest BCUT2D eigenvalue weighted by atomic mass is 9.90. The maximum absolute atomic E-state index is 9.10. The lowest BCUT2D eigenvalue weighted by Gasteiger charge is -2.15. The smallest absolute Gasteiger partial charge is 0.164 e. The van der Waals surface area contributed by atoms with Gasteiger partial charge in [-0.1, -0.05) is 200 Å². The zero-order valence-electron chi connectivity index (χ0n) is 33.9. The Labute approximate surface area is 361 Å². The molecule has 0 spiro atoms. The molecule has 0 saturated heterocycles. The van der Waals surface area contributed by atoms with E-state index in [2.05, 4.69) is 152 Å². The second kappa shape index (κ2) is 17.1. The van der Waals surface area contributed by atoms with Gasteiger partial charge >= 0.3 is 0 Å². The van der Waals surface area contributed by atoms with Gasteiger partial charge in [-0.3, -0.25) is 0 Å². The molecule has 62 heavy (non-hydrogen) atoms. The minimum Gasteiger partial charge on any atom is -0.300 e. The van der Waals surface area contributed by atoms with Crippen LogP contribution in [0.2, 0.25) is 0 Å². The van der Waals surface area contributed by atoms with Crippen molar-refractivity contribution < 1.29 is 0 Å². The standard InChI is InChI=1S/C58H40N4/c59-55(44-24-12-4-13-25-44)39-54(42-22-10-3-11-23-42)52-31-17-28-43-32-33-47(38-53(43)52)46-29-16-30-48(34-46)57-60-56(45-26-14-5-15-27-45)61-58(62-57)51-36-49(40-18-6-1-7-19-40)35-50(37-51)41-20-8-2-9-21-41/h1-39,59H/b54-39-,59-55?. The van der Waals surface area contributed by atoms with E-state index in [0.717, 1.165) is 83.1 Å². The summed E-state index contributed by atoms with van der Waals surface area (Å²) in [7, 11) is 0. The predicted molar refractivity (Wildman–Crippen MR) is 257 cm³/mol. The molecule has 0 saturated carbocycles. The fraction of sp³-hybridized carbons (Fsp3) is 0. The molecule has 10 rings (SSSR count). The fourth-order valence-electron chi connectivity index (χ4n) is 8.01. The highest BCUT2D eigenvalue weighted by atomic mass is 15.0. The van der Waals surface area contributed by atoms with Crippen LogP contribution in [0.25, 0.3) is 83.9 Å². The lowest BCUT2D eigenvalue weighted by Crippen LogP contribution is -2.01. The van der Waals surface area contributed by atoms with Gasteiger partial charge in [-0.25, -0.2) is 15.0 Å². The third-order valence-electron chi connectivity index (χ3n) is 11.2. The molecule has 1 heterocycles. The summed E-state index contributed by atoms with van der Waals surface area (Å²) in [5.41, 5.74) is 13.7. The molecule has 1 aromatic heterocycles. The first-order valence-corrected chi connectivity index (χ1v) is 20.8. The van der Waals surface area contributed by atoms with Gasteiger partial charge < -0.3 is 5.41 Å². The lowest BCUT2D eigenvalue weighted by molar-refractivity contribution is 1.07. The summed E-state index contributed by atoms with van der Waals surface area (Å²) in [6, 6.07) is 79.4. The number of nitrogens with zero attached hydrogens (tertiary/aromatic N) is 3. The van der Waals surface area contributed by atoms with Crippen molar-refractivity contribution in [3.8, 4) is 67.5 Å². The van der Waals surface area contributed by atoms with Crippen molar-refractivity contribution in [2.45, 2.75) is 0 Å². The molecule has 10 aromatic rings. The molecule has 292 valence electrons. The SMILES string of the molecule is N=C(/C=C(/c1ccccc1)c1cccc2ccc(-c3cccc(-c4nc(-c5ccccc5)nc(-c5cc(-c6ccccc6)cc(-c6ccccc6)c5)n4)c3)cc12)c1ccccc1. The van der Waals surface area contributed by atoms with Crippen LogP contribution in [0.1, 0.15) is 16.7 Å². The Morgan fingerprint density at radius 3 is 1.37 bits per heavy atom. The Kier molecular flexibility index (Phi) is 10.5. The van der Waals surface area contributed by atoms with Gasteiger partial charge in [0.1, 0.15) is 0 Å². The minimum atomic E-state index is 0.458. The Bertz CT molecular complexity index is 3160. The van der Waals surface area contributed by atoms with E-state index in [0.29, 0.717) is 23.2 Å². The van der Waals surface area contributed by atoms with Gasteiger partial charge in [0.25, 0.3) is 0 Å². The van der Waals surface area contributed by atoms with Gasteiger partial charge in [0.15, 0.2) is 17.5 Å². The number of hydrogen-bond acceptors (Lipinski definition) is 4. The number of allylic oxidation sites excluding steroid dienone is 1. The van der Waals surface area contributed by atoms with Crippen LogP contribution in [-0.4, -0.2) is 20.7 Å². The summed E-state index contributed by atoms with van der Waals surface area (Å²) in [5, 5.41) is 11.3. The van der Waals surface area contributed by atoms with E-state index in [9.17, 15) is 0 Å². The van der Waals surface area contributed by atoms with E-state index in [1.54, 1.807) is 0 Å². The maximum atomic E-state index is 9.10. The molecule has 0 aliphatic rings. The first-order chi connectivity index (χ1) is 30.6. The van der Waals surface area contributed by atoms with E-state index in [-0.39, 0.29) is 0 Å². The Morgan fingerprint density at radius 1 is 0.323 bits per heavy atom.